The van der Waals surface area contributed by atoms with Crippen LogP contribution in [0.2, 0.25) is 0 Å². The van der Waals surface area contributed by atoms with Crippen LogP contribution >= 0.6 is 0 Å². The van der Waals surface area contributed by atoms with Crippen molar-refractivity contribution in [2.24, 2.45) is 28.6 Å². The Kier molecular flexibility index (Phi) is 3.39. The molecule has 0 unspecified atom stereocenters. The SMILES string of the molecule is CC1=C2C[C@H](O)[C@H]3[C@@H]4CC[C@H](O)[C@@]4(C)CC[C@@H]3[C@@]2(C)CCC1=O. The lowest BCUT2D eigenvalue weighted by atomic mass is 9.46. The first-order chi connectivity index (χ1) is 10.8. The standard InChI is InChI=1S/C20H30O3/c1-11-14-10-16(22)18-12-4-5-17(23)20(12,3)8-6-13(18)19(14,2)9-7-15(11)21/h12-13,16-18,22-23H,4-10H2,1-3H3/t12-,13-,16-,17-,18-,19+,20-/m0/s1. The summed E-state index contributed by atoms with van der Waals surface area (Å²) in [7, 11) is 0. The van der Waals surface area contributed by atoms with Crippen LogP contribution in [0.15, 0.2) is 11.1 Å². The van der Waals surface area contributed by atoms with Crippen LogP contribution in [0.25, 0.3) is 0 Å². The van der Waals surface area contributed by atoms with Crippen LogP contribution in [0.4, 0.5) is 0 Å². The average molecular weight is 318 g/mol. The van der Waals surface area contributed by atoms with E-state index in [1.54, 1.807) is 0 Å². The van der Waals surface area contributed by atoms with Crippen LogP contribution in [-0.4, -0.2) is 28.2 Å². The van der Waals surface area contributed by atoms with Crippen molar-refractivity contribution >= 4 is 5.78 Å². The average Bonchev–Trinajstić information content (AvgIpc) is 2.82. The summed E-state index contributed by atoms with van der Waals surface area (Å²) in [5.74, 6) is 1.47. The summed E-state index contributed by atoms with van der Waals surface area (Å²) in [4.78, 5) is 12.2. The van der Waals surface area contributed by atoms with Crippen LogP contribution in [0, 0.1) is 28.6 Å². The molecule has 4 rings (SSSR count). The molecule has 3 fully saturated rings. The Morgan fingerprint density at radius 3 is 2.52 bits per heavy atom. The number of hydrogen-bond donors (Lipinski definition) is 2. The van der Waals surface area contributed by atoms with Crippen LogP contribution in [0.3, 0.4) is 0 Å². The second-order valence-corrected chi connectivity index (χ2v) is 9.14. The predicted molar refractivity (Wildman–Crippen MR) is 88.7 cm³/mol. The van der Waals surface area contributed by atoms with E-state index in [0.717, 1.165) is 37.7 Å². The highest BCUT2D eigenvalue weighted by atomic mass is 16.3. The Bertz CT molecular complexity index is 579. The second kappa shape index (κ2) is 4.92. The molecule has 23 heavy (non-hydrogen) atoms. The Balaban J connectivity index is 1.77. The lowest BCUT2D eigenvalue weighted by molar-refractivity contribution is -0.128. The van der Waals surface area contributed by atoms with Crippen molar-refractivity contribution in [3.8, 4) is 0 Å². The van der Waals surface area contributed by atoms with E-state index in [9.17, 15) is 15.0 Å². The molecular formula is C20H30O3. The van der Waals surface area contributed by atoms with Gasteiger partial charge in [-0.2, -0.15) is 0 Å². The third-order valence-corrected chi connectivity index (χ3v) is 8.39. The molecule has 3 heteroatoms. The Labute approximate surface area is 139 Å². The normalized spacial score (nSPS) is 52.9. The minimum atomic E-state index is -0.348. The van der Waals surface area contributed by atoms with E-state index in [1.807, 2.05) is 6.92 Å². The van der Waals surface area contributed by atoms with Crippen LogP contribution in [-0.2, 0) is 4.79 Å². The minimum Gasteiger partial charge on any atom is -0.393 e. The molecule has 0 bridgehead atoms. The van der Waals surface area contributed by atoms with Crippen molar-refractivity contribution in [3.05, 3.63) is 11.1 Å². The number of aliphatic hydroxyl groups excluding tert-OH is 2. The fraction of sp³-hybridized carbons (Fsp3) is 0.850. The van der Waals surface area contributed by atoms with Crippen molar-refractivity contribution in [2.45, 2.75) is 77.9 Å². The molecule has 0 aliphatic heterocycles. The Hall–Kier alpha value is -0.670. The number of carbonyl (C=O) groups is 1. The van der Waals surface area contributed by atoms with Crippen molar-refractivity contribution in [2.75, 3.05) is 0 Å². The van der Waals surface area contributed by atoms with Gasteiger partial charge in [0.05, 0.1) is 12.2 Å². The van der Waals surface area contributed by atoms with Gasteiger partial charge in [0.15, 0.2) is 5.78 Å². The van der Waals surface area contributed by atoms with Crippen LogP contribution in [0.1, 0.15) is 65.7 Å². The van der Waals surface area contributed by atoms with Gasteiger partial charge < -0.3 is 10.2 Å². The van der Waals surface area contributed by atoms with Crippen LogP contribution in [0.5, 0.6) is 0 Å². The summed E-state index contributed by atoms with van der Waals surface area (Å²) in [6, 6.07) is 0. The summed E-state index contributed by atoms with van der Waals surface area (Å²) in [6.07, 6.45) is 5.78. The number of Topliss-reactive ketones (excluding diaryl/α,β-unsaturated/α-hetero) is 1. The minimum absolute atomic E-state index is 0.0146. The number of aliphatic hydroxyl groups is 2. The van der Waals surface area contributed by atoms with E-state index in [-0.39, 0.29) is 28.8 Å². The largest absolute Gasteiger partial charge is 0.393 e. The lowest BCUT2D eigenvalue weighted by Gasteiger charge is -2.59. The first-order valence-corrected chi connectivity index (χ1v) is 9.38. The third kappa shape index (κ3) is 1.93. The summed E-state index contributed by atoms with van der Waals surface area (Å²) >= 11 is 0. The van der Waals surface area contributed by atoms with E-state index in [2.05, 4.69) is 13.8 Å². The van der Waals surface area contributed by atoms with Gasteiger partial charge >= 0.3 is 0 Å². The van der Waals surface area contributed by atoms with Gasteiger partial charge in [-0.1, -0.05) is 19.4 Å². The van der Waals surface area contributed by atoms with Crippen molar-refractivity contribution in [1.82, 2.24) is 0 Å². The van der Waals surface area contributed by atoms with Gasteiger partial charge in [0, 0.05) is 6.42 Å². The molecule has 128 valence electrons. The van der Waals surface area contributed by atoms with E-state index in [0.29, 0.717) is 30.6 Å². The molecule has 3 nitrogen and oxygen atoms in total. The topological polar surface area (TPSA) is 57.5 Å². The number of carbonyl (C=O) groups excluding carboxylic acids is 1. The molecule has 0 spiro atoms. The summed E-state index contributed by atoms with van der Waals surface area (Å²) in [5.41, 5.74) is 2.23. The van der Waals surface area contributed by atoms with Crippen molar-refractivity contribution in [1.29, 1.82) is 0 Å². The second-order valence-electron chi connectivity index (χ2n) is 9.14. The smallest absolute Gasteiger partial charge is 0.158 e. The highest BCUT2D eigenvalue weighted by Gasteiger charge is 2.61. The quantitative estimate of drug-likeness (QED) is 0.721. The van der Waals surface area contributed by atoms with Crippen LogP contribution < -0.4 is 0 Å². The molecule has 3 saturated carbocycles. The fourth-order valence-corrected chi connectivity index (χ4v) is 6.90. The monoisotopic (exact) mass is 318 g/mol. The summed E-state index contributed by atoms with van der Waals surface area (Å²) < 4.78 is 0. The maximum absolute atomic E-state index is 12.2. The first-order valence-electron chi connectivity index (χ1n) is 9.38. The van der Waals surface area contributed by atoms with E-state index in [1.165, 1.54) is 5.57 Å². The number of fused-ring (bicyclic) bond motifs is 5. The molecule has 2 N–H and O–H groups in total. The molecule has 0 saturated heterocycles. The Morgan fingerprint density at radius 2 is 1.78 bits per heavy atom. The lowest BCUT2D eigenvalue weighted by Crippen LogP contribution is -2.56. The van der Waals surface area contributed by atoms with E-state index >= 15 is 0 Å². The van der Waals surface area contributed by atoms with Gasteiger partial charge in [0.2, 0.25) is 0 Å². The molecule has 0 heterocycles. The zero-order valence-electron chi connectivity index (χ0n) is 14.6. The molecule has 4 aliphatic rings. The molecule has 0 amide bonds. The van der Waals surface area contributed by atoms with E-state index in [4.69, 9.17) is 0 Å². The molecule has 0 aromatic carbocycles. The zero-order chi connectivity index (χ0) is 16.6. The van der Waals surface area contributed by atoms with Gasteiger partial charge in [-0.25, -0.2) is 0 Å². The predicted octanol–water partition coefficient (Wildman–Crippen LogP) is 3.24. The third-order valence-electron chi connectivity index (χ3n) is 8.39. The maximum Gasteiger partial charge on any atom is 0.158 e. The number of hydrogen-bond acceptors (Lipinski definition) is 3. The summed E-state index contributed by atoms with van der Waals surface area (Å²) in [5, 5.41) is 21.5. The van der Waals surface area contributed by atoms with Gasteiger partial charge in [0.25, 0.3) is 0 Å². The van der Waals surface area contributed by atoms with Gasteiger partial charge in [0.1, 0.15) is 0 Å². The molecular weight excluding hydrogens is 288 g/mol. The van der Waals surface area contributed by atoms with Crippen molar-refractivity contribution in [3.63, 3.8) is 0 Å². The molecule has 0 radical (unpaired) electrons. The maximum atomic E-state index is 12.2. The number of ketones is 1. The fourth-order valence-electron chi connectivity index (χ4n) is 6.90. The van der Waals surface area contributed by atoms with E-state index < -0.39 is 0 Å². The molecule has 7 atom stereocenters. The molecule has 0 aromatic heterocycles. The highest BCUT2D eigenvalue weighted by Crippen LogP contribution is 2.65. The summed E-state index contributed by atoms with van der Waals surface area (Å²) in [6.45, 7) is 6.55. The highest BCUT2D eigenvalue weighted by molar-refractivity contribution is 5.96. The Morgan fingerprint density at radius 1 is 1.04 bits per heavy atom. The van der Waals surface area contributed by atoms with Gasteiger partial charge in [-0.05, 0) is 79.6 Å². The zero-order valence-corrected chi connectivity index (χ0v) is 14.6. The van der Waals surface area contributed by atoms with Crippen molar-refractivity contribution < 1.29 is 15.0 Å². The first kappa shape index (κ1) is 15.8. The molecule has 0 aromatic rings. The number of rotatable bonds is 0. The molecule has 4 aliphatic carbocycles. The van der Waals surface area contributed by atoms with Gasteiger partial charge in [-0.3, -0.25) is 4.79 Å². The van der Waals surface area contributed by atoms with Gasteiger partial charge in [-0.15, -0.1) is 0 Å².